The van der Waals surface area contributed by atoms with Crippen LogP contribution in [0.1, 0.15) is 25.3 Å². The van der Waals surface area contributed by atoms with Gasteiger partial charge in [-0.25, -0.2) is 0 Å². The number of benzene rings is 1. The molecule has 0 radical (unpaired) electrons. The highest BCUT2D eigenvalue weighted by molar-refractivity contribution is 5.92. The van der Waals surface area contributed by atoms with Crippen molar-refractivity contribution in [3.8, 4) is 0 Å². The minimum atomic E-state index is -1.08. The summed E-state index contributed by atoms with van der Waals surface area (Å²) < 4.78 is 5.48. The van der Waals surface area contributed by atoms with Gasteiger partial charge < -0.3 is 15.4 Å². The van der Waals surface area contributed by atoms with Crippen molar-refractivity contribution in [2.24, 2.45) is 5.73 Å². The number of hydrogen-bond donors (Lipinski definition) is 1. The third-order valence-electron chi connectivity index (χ3n) is 4.57. The molecule has 2 aliphatic rings. The third kappa shape index (κ3) is 2.31. The fourth-order valence-corrected chi connectivity index (χ4v) is 3.00. The van der Waals surface area contributed by atoms with Crippen molar-refractivity contribution in [1.29, 1.82) is 0 Å². The van der Waals surface area contributed by atoms with E-state index in [9.17, 15) is 9.59 Å². The molecule has 0 spiro atoms. The molecule has 3 rings (SSSR count). The number of nitrogens with zero attached hydrogens (tertiary/aromatic N) is 1. The fraction of sp³-hybridized carbons (Fsp3) is 0.500. The first kappa shape index (κ1) is 14.1. The Bertz CT molecular complexity index is 568. The molecule has 2 amide bonds. The van der Waals surface area contributed by atoms with E-state index in [2.05, 4.69) is 0 Å². The Morgan fingerprint density at radius 2 is 1.90 bits per heavy atom. The topological polar surface area (TPSA) is 72.6 Å². The van der Waals surface area contributed by atoms with Gasteiger partial charge in [0.05, 0.1) is 18.6 Å². The highest BCUT2D eigenvalue weighted by Gasteiger charge is 2.54. The number of amides is 2. The number of carbonyl (C=O) groups is 2. The Labute approximate surface area is 124 Å². The van der Waals surface area contributed by atoms with Crippen LogP contribution in [0.25, 0.3) is 0 Å². The third-order valence-corrected chi connectivity index (χ3v) is 4.57. The minimum absolute atomic E-state index is 0.0875. The highest BCUT2D eigenvalue weighted by atomic mass is 16.5. The molecule has 1 aromatic rings. The molecular weight excluding hydrogens is 268 g/mol. The van der Waals surface area contributed by atoms with Crippen molar-refractivity contribution in [2.75, 3.05) is 19.7 Å². The van der Waals surface area contributed by atoms with Crippen molar-refractivity contribution in [3.05, 3.63) is 35.9 Å². The maximum absolute atomic E-state index is 12.9. The maximum atomic E-state index is 12.9. The highest BCUT2D eigenvalue weighted by Crippen LogP contribution is 2.49. The zero-order valence-electron chi connectivity index (χ0n) is 12.2. The first-order valence-electron chi connectivity index (χ1n) is 7.27. The summed E-state index contributed by atoms with van der Waals surface area (Å²) in [6.07, 6.45) is 1.72. The van der Waals surface area contributed by atoms with Crippen LogP contribution < -0.4 is 5.73 Å². The molecule has 2 N–H and O–H groups in total. The van der Waals surface area contributed by atoms with Crippen LogP contribution in [0.2, 0.25) is 0 Å². The molecule has 1 saturated carbocycles. The molecule has 112 valence electrons. The first-order valence-corrected chi connectivity index (χ1v) is 7.27. The Hall–Kier alpha value is -1.88. The van der Waals surface area contributed by atoms with Crippen LogP contribution in [0.3, 0.4) is 0 Å². The predicted molar refractivity (Wildman–Crippen MR) is 77.5 cm³/mol. The fourth-order valence-electron chi connectivity index (χ4n) is 3.00. The summed E-state index contributed by atoms with van der Waals surface area (Å²) in [6, 6.07) is 9.85. The summed E-state index contributed by atoms with van der Waals surface area (Å²) in [4.78, 5) is 26.2. The molecule has 1 aliphatic carbocycles. The maximum Gasteiger partial charge on any atom is 0.251 e. The Morgan fingerprint density at radius 3 is 2.48 bits per heavy atom. The van der Waals surface area contributed by atoms with Crippen molar-refractivity contribution in [2.45, 2.75) is 30.8 Å². The van der Waals surface area contributed by atoms with Crippen LogP contribution in [-0.2, 0) is 19.7 Å². The van der Waals surface area contributed by atoms with Crippen LogP contribution in [0, 0.1) is 0 Å². The lowest BCUT2D eigenvalue weighted by Crippen LogP contribution is -2.59. The molecule has 1 heterocycles. The summed E-state index contributed by atoms with van der Waals surface area (Å²) in [6.45, 7) is 2.74. The number of carbonyl (C=O) groups excluding carboxylic acids is 2. The molecule has 1 unspecified atom stereocenters. The summed E-state index contributed by atoms with van der Waals surface area (Å²) >= 11 is 0. The van der Waals surface area contributed by atoms with Crippen LogP contribution >= 0.6 is 0 Å². The van der Waals surface area contributed by atoms with Gasteiger partial charge in [-0.2, -0.15) is 0 Å². The van der Waals surface area contributed by atoms with Gasteiger partial charge in [-0.1, -0.05) is 30.3 Å². The lowest BCUT2D eigenvalue weighted by atomic mass is 9.93. The molecular formula is C16H20N2O3. The molecule has 5 nitrogen and oxygen atoms in total. The van der Waals surface area contributed by atoms with E-state index < -0.39 is 16.9 Å². The Balaban J connectivity index is 1.81. The monoisotopic (exact) mass is 288 g/mol. The smallest absolute Gasteiger partial charge is 0.251 e. The Kier molecular flexibility index (Phi) is 3.24. The average Bonchev–Trinajstić information content (AvgIpc) is 3.29. The van der Waals surface area contributed by atoms with E-state index in [1.54, 1.807) is 11.8 Å². The zero-order chi connectivity index (χ0) is 15.1. The lowest BCUT2D eigenvalue weighted by Gasteiger charge is -2.39. The minimum Gasteiger partial charge on any atom is -0.367 e. The number of nitrogens with two attached hydrogens (primary N) is 1. The summed E-state index contributed by atoms with van der Waals surface area (Å²) in [5.41, 5.74) is 4.97. The molecule has 21 heavy (non-hydrogen) atoms. The van der Waals surface area contributed by atoms with Crippen LogP contribution in [0.5, 0.6) is 0 Å². The van der Waals surface area contributed by atoms with E-state index in [4.69, 9.17) is 10.5 Å². The van der Waals surface area contributed by atoms with Gasteiger partial charge in [-0.05, 0) is 25.3 Å². The molecule has 0 bridgehead atoms. The number of ether oxygens (including phenoxy) is 1. The number of rotatable bonds is 3. The van der Waals surface area contributed by atoms with Gasteiger partial charge in [0, 0.05) is 6.54 Å². The van der Waals surface area contributed by atoms with Gasteiger partial charge >= 0.3 is 0 Å². The van der Waals surface area contributed by atoms with E-state index >= 15 is 0 Å². The SMILES string of the molecule is CC1(C(N)=O)CN(C(=O)C2(c3ccccc3)CC2)CCO1. The second kappa shape index (κ2) is 4.84. The number of primary amides is 1. The standard InChI is InChI=1S/C16H20N2O3/c1-15(13(17)19)11-18(9-10-21-15)14(20)16(7-8-16)12-5-3-2-4-6-12/h2-6H,7-11H2,1H3,(H2,17,19). The van der Waals surface area contributed by atoms with Crippen molar-refractivity contribution < 1.29 is 14.3 Å². The second-order valence-electron chi connectivity index (χ2n) is 6.12. The van der Waals surface area contributed by atoms with Crippen molar-refractivity contribution in [3.63, 3.8) is 0 Å². The molecule has 1 aromatic carbocycles. The van der Waals surface area contributed by atoms with Gasteiger partial charge in [0.1, 0.15) is 0 Å². The summed E-state index contributed by atoms with van der Waals surface area (Å²) in [7, 11) is 0. The van der Waals surface area contributed by atoms with E-state index in [-0.39, 0.29) is 12.5 Å². The normalized spacial score (nSPS) is 27.2. The van der Waals surface area contributed by atoms with E-state index in [0.29, 0.717) is 13.2 Å². The van der Waals surface area contributed by atoms with Crippen LogP contribution in [-0.4, -0.2) is 42.0 Å². The lowest BCUT2D eigenvalue weighted by molar-refractivity contribution is -0.161. The zero-order valence-corrected chi connectivity index (χ0v) is 12.2. The summed E-state index contributed by atoms with van der Waals surface area (Å²) in [5, 5.41) is 0. The van der Waals surface area contributed by atoms with Gasteiger partial charge in [-0.15, -0.1) is 0 Å². The van der Waals surface area contributed by atoms with Crippen LogP contribution in [0.4, 0.5) is 0 Å². The van der Waals surface area contributed by atoms with E-state index in [0.717, 1.165) is 18.4 Å². The molecule has 2 fully saturated rings. The van der Waals surface area contributed by atoms with Gasteiger partial charge in [0.2, 0.25) is 5.91 Å². The van der Waals surface area contributed by atoms with Gasteiger partial charge in [0.25, 0.3) is 5.91 Å². The predicted octanol–water partition coefficient (Wildman–Crippen LogP) is 0.821. The Morgan fingerprint density at radius 1 is 1.24 bits per heavy atom. The quantitative estimate of drug-likeness (QED) is 0.895. The molecule has 1 aliphatic heterocycles. The van der Waals surface area contributed by atoms with Crippen molar-refractivity contribution in [1.82, 2.24) is 4.90 Å². The first-order chi connectivity index (χ1) is 9.98. The largest absolute Gasteiger partial charge is 0.367 e. The van der Waals surface area contributed by atoms with Crippen LogP contribution in [0.15, 0.2) is 30.3 Å². The number of morpholine rings is 1. The number of hydrogen-bond acceptors (Lipinski definition) is 3. The average molecular weight is 288 g/mol. The summed E-state index contributed by atoms with van der Waals surface area (Å²) in [5.74, 6) is -0.436. The molecule has 5 heteroatoms. The van der Waals surface area contributed by atoms with E-state index in [1.165, 1.54) is 0 Å². The molecule has 1 atom stereocenters. The van der Waals surface area contributed by atoms with Gasteiger partial charge in [0.15, 0.2) is 5.60 Å². The van der Waals surface area contributed by atoms with Gasteiger partial charge in [-0.3, -0.25) is 9.59 Å². The van der Waals surface area contributed by atoms with E-state index in [1.807, 2.05) is 30.3 Å². The second-order valence-corrected chi connectivity index (χ2v) is 6.12. The van der Waals surface area contributed by atoms with Crippen molar-refractivity contribution >= 4 is 11.8 Å². The molecule has 1 saturated heterocycles. The molecule has 0 aromatic heterocycles.